The molecule has 0 aliphatic carbocycles. The average molecular weight is 209 g/mol. The molecule has 1 aromatic rings. The van der Waals surface area contributed by atoms with Crippen molar-refractivity contribution in [3.63, 3.8) is 0 Å². The summed E-state index contributed by atoms with van der Waals surface area (Å²) in [6, 6.07) is 5.99. The van der Waals surface area contributed by atoms with Crippen LogP contribution in [0.3, 0.4) is 0 Å². The van der Waals surface area contributed by atoms with Crippen molar-refractivity contribution in [1.29, 1.82) is 0 Å². The Balaban J connectivity index is 2.57. The molecule has 15 heavy (non-hydrogen) atoms. The second-order valence-electron chi connectivity index (χ2n) is 3.76. The Morgan fingerprint density at radius 2 is 1.93 bits per heavy atom. The summed E-state index contributed by atoms with van der Waals surface area (Å²) in [5.74, 6) is 0.869. The van der Waals surface area contributed by atoms with Crippen molar-refractivity contribution in [3.8, 4) is 5.75 Å². The van der Waals surface area contributed by atoms with Gasteiger partial charge in [-0.15, -0.1) is 0 Å². The molecular formula is C12H19NO2. The number of para-hydroxylation sites is 1. The van der Waals surface area contributed by atoms with E-state index < -0.39 is 6.10 Å². The fraction of sp³-hybridized carbons (Fsp3) is 0.500. The van der Waals surface area contributed by atoms with Gasteiger partial charge in [-0.05, 0) is 37.9 Å². The Morgan fingerprint density at radius 3 is 2.47 bits per heavy atom. The predicted molar refractivity (Wildman–Crippen MR) is 61.1 cm³/mol. The number of hydrogen-bond acceptors (Lipinski definition) is 3. The van der Waals surface area contributed by atoms with E-state index >= 15 is 0 Å². The molecule has 0 bridgehead atoms. The molecule has 0 fully saturated rings. The first-order valence-electron chi connectivity index (χ1n) is 5.22. The van der Waals surface area contributed by atoms with Gasteiger partial charge in [0, 0.05) is 0 Å². The van der Waals surface area contributed by atoms with Gasteiger partial charge in [-0.3, -0.25) is 0 Å². The smallest absolute Gasteiger partial charge is 0.125 e. The van der Waals surface area contributed by atoms with Crippen LogP contribution in [0.5, 0.6) is 5.75 Å². The first-order chi connectivity index (χ1) is 7.15. The second-order valence-corrected chi connectivity index (χ2v) is 3.76. The summed E-state index contributed by atoms with van der Waals surface area (Å²) in [6.45, 7) is 4.79. The van der Waals surface area contributed by atoms with Crippen molar-refractivity contribution in [1.82, 2.24) is 0 Å². The molecule has 0 spiro atoms. The minimum atomic E-state index is -0.478. The largest absolute Gasteiger partial charge is 0.490 e. The molecule has 0 aliphatic heterocycles. The minimum absolute atomic E-state index is 0.308. The predicted octanol–water partition coefficient (Wildman–Crippen LogP) is 1.39. The third-order valence-electron chi connectivity index (χ3n) is 2.33. The Kier molecular flexibility index (Phi) is 4.59. The Morgan fingerprint density at radius 1 is 1.33 bits per heavy atom. The van der Waals surface area contributed by atoms with Gasteiger partial charge < -0.3 is 15.6 Å². The summed E-state index contributed by atoms with van der Waals surface area (Å²) in [5.41, 5.74) is 7.53. The molecule has 0 saturated carbocycles. The third kappa shape index (κ3) is 3.53. The lowest BCUT2D eigenvalue weighted by Crippen LogP contribution is -2.21. The standard InChI is InChI=1S/C12H19NO2/c1-9-4-3-5-10(2)12(9)15-8-11(14)6-7-13/h3-5,11,14H,6-8,13H2,1-2H3. The van der Waals surface area contributed by atoms with Gasteiger partial charge in [0.25, 0.3) is 0 Å². The Labute approximate surface area is 90.9 Å². The van der Waals surface area contributed by atoms with Crippen molar-refractivity contribution in [2.75, 3.05) is 13.2 Å². The first-order valence-corrected chi connectivity index (χ1v) is 5.22. The highest BCUT2D eigenvalue weighted by Crippen LogP contribution is 2.22. The lowest BCUT2D eigenvalue weighted by atomic mass is 10.1. The molecule has 0 heterocycles. The minimum Gasteiger partial charge on any atom is -0.490 e. The van der Waals surface area contributed by atoms with E-state index in [1.165, 1.54) is 0 Å². The molecule has 0 aromatic heterocycles. The van der Waals surface area contributed by atoms with Crippen LogP contribution in [-0.2, 0) is 0 Å². The Hall–Kier alpha value is -1.06. The molecule has 3 N–H and O–H groups in total. The zero-order chi connectivity index (χ0) is 11.3. The zero-order valence-corrected chi connectivity index (χ0v) is 9.36. The maximum Gasteiger partial charge on any atom is 0.125 e. The molecule has 3 nitrogen and oxygen atoms in total. The van der Waals surface area contributed by atoms with Gasteiger partial charge in [-0.25, -0.2) is 0 Å². The monoisotopic (exact) mass is 209 g/mol. The first kappa shape index (κ1) is 12.0. The van der Waals surface area contributed by atoms with Gasteiger partial charge in [-0.2, -0.15) is 0 Å². The van der Waals surface area contributed by atoms with Crippen LogP contribution < -0.4 is 10.5 Å². The van der Waals surface area contributed by atoms with E-state index in [4.69, 9.17) is 10.5 Å². The summed E-state index contributed by atoms with van der Waals surface area (Å²) in [4.78, 5) is 0. The van der Waals surface area contributed by atoms with Crippen LogP contribution in [-0.4, -0.2) is 24.4 Å². The second kappa shape index (κ2) is 5.73. The van der Waals surface area contributed by atoms with Gasteiger partial charge in [-0.1, -0.05) is 18.2 Å². The topological polar surface area (TPSA) is 55.5 Å². The molecule has 0 aliphatic rings. The molecule has 1 aromatic carbocycles. The number of benzene rings is 1. The van der Waals surface area contributed by atoms with Gasteiger partial charge in [0.1, 0.15) is 12.4 Å². The number of hydrogen-bond donors (Lipinski definition) is 2. The van der Waals surface area contributed by atoms with Gasteiger partial charge in [0.05, 0.1) is 6.10 Å². The lowest BCUT2D eigenvalue weighted by Gasteiger charge is -2.14. The van der Waals surface area contributed by atoms with Crippen molar-refractivity contribution < 1.29 is 9.84 Å². The molecular weight excluding hydrogens is 190 g/mol. The van der Waals surface area contributed by atoms with Crippen LogP contribution in [0.4, 0.5) is 0 Å². The van der Waals surface area contributed by atoms with Crippen LogP contribution in [0.25, 0.3) is 0 Å². The summed E-state index contributed by atoms with van der Waals surface area (Å²) in [7, 11) is 0. The van der Waals surface area contributed by atoms with E-state index in [0.29, 0.717) is 19.6 Å². The van der Waals surface area contributed by atoms with Crippen LogP contribution in [0, 0.1) is 13.8 Å². The van der Waals surface area contributed by atoms with Crippen LogP contribution in [0.15, 0.2) is 18.2 Å². The molecule has 84 valence electrons. The van der Waals surface area contributed by atoms with E-state index in [1.807, 2.05) is 32.0 Å². The number of rotatable bonds is 5. The van der Waals surface area contributed by atoms with Crippen molar-refractivity contribution in [2.45, 2.75) is 26.4 Å². The fourth-order valence-electron chi connectivity index (χ4n) is 1.48. The third-order valence-corrected chi connectivity index (χ3v) is 2.33. The molecule has 1 unspecified atom stereocenters. The quantitative estimate of drug-likeness (QED) is 0.770. The van der Waals surface area contributed by atoms with E-state index in [9.17, 15) is 5.11 Å². The van der Waals surface area contributed by atoms with Crippen molar-refractivity contribution in [3.05, 3.63) is 29.3 Å². The number of ether oxygens (including phenoxy) is 1. The molecule has 1 rings (SSSR count). The summed E-state index contributed by atoms with van der Waals surface area (Å²) >= 11 is 0. The van der Waals surface area contributed by atoms with Crippen molar-refractivity contribution >= 4 is 0 Å². The van der Waals surface area contributed by atoms with Crippen LogP contribution >= 0.6 is 0 Å². The molecule has 0 amide bonds. The number of aliphatic hydroxyl groups is 1. The highest BCUT2D eigenvalue weighted by Gasteiger charge is 2.07. The molecule has 1 atom stereocenters. The van der Waals surface area contributed by atoms with E-state index in [0.717, 1.165) is 16.9 Å². The van der Waals surface area contributed by atoms with E-state index in [-0.39, 0.29) is 0 Å². The average Bonchev–Trinajstić information content (AvgIpc) is 2.17. The molecule has 0 radical (unpaired) electrons. The van der Waals surface area contributed by atoms with Gasteiger partial charge in [0.15, 0.2) is 0 Å². The van der Waals surface area contributed by atoms with E-state index in [1.54, 1.807) is 0 Å². The van der Waals surface area contributed by atoms with Gasteiger partial charge in [0.2, 0.25) is 0 Å². The fourth-order valence-corrected chi connectivity index (χ4v) is 1.48. The highest BCUT2D eigenvalue weighted by molar-refractivity contribution is 5.39. The number of nitrogens with two attached hydrogens (primary N) is 1. The number of aryl methyl sites for hydroxylation is 2. The summed E-state index contributed by atoms with van der Waals surface area (Å²) < 4.78 is 5.58. The van der Waals surface area contributed by atoms with Gasteiger partial charge >= 0.3 is 0 Å². The SMILES string of the molecule is Cc1cccc(C)c1OCC(O)CCN. The van der Waals surface area contributed by atoms with E-state index in [2.05, 4.69) is 0 Å². The summed E-state index contributed by atoms with van der Waals surface area (Å²) in [6.07, 6.45) is 0.0966. The number of aliphatic hydroxyl groups excluding tert-OH is 1. The van der Waals surface area contributed by atoms with Crippen LogP contribution in [0.1, 0.15) is 17.5 Å². The maximum atomic E-state index is 9.49. The zero-order valence-electron chi connectivity index (χ0n) is 9.36. The molecule has 0 saturated heterocycles. The Bertz CT molecular complexity index is 292. The maximum absolute atomic E-state index is 9.49. The summed E-state index contributed by atoms with van der Waals surface area (Å²) in [5, 5.41) is 9.49. The highest BCUT2D eigenvalue weighted by atomic mass is 16.5. The molecule has 3 heteroatoms. The normalized spacial score (nSPS) is 12.5. The van der Waals surface area contributed by atoms with Crippen LogP contribution in [0.2, 0.25) is 0 Å². The van der Waals surface area contributed by atoms with Crippen molar-refractivity contribution in [2.24, 2.45) is 5.73 Å². The lowest BCUT2D eigenvalue weighted by molar-refractivity contribution is 0.101.